The quantitative estimate of drug-likeness (QED) is 0.714. The van der Waals surface area contributed by atoms with Gasteiger partial charge in [0.15, 0.2) is 0 Å². The highest BCUT2D eigenvalue weighted by Crippen LogP contribution is 2.30. The van der Waals surface area contributed by atoms with Crippen molar-refractivity contribution in [2.75, 3.05) is 13.2 Å². The standard InChI is InChI=1S/C16H27NOS/c1-5-10-17-16(4,12-18)11-14(3)19-15-9-7-6-8-13(15)2/h6-9,14,17-18H,5,10-12H2,1-4H3. The van der Waals surface area contributed by atoms with Gasteiger partial charge in [0, 0.05) is 15.7 Å². The Balaban J connectivity index is 2.58. The summed E-state index contributed by atoms with van der Waals surface area (Å²) in [6, 6.07) is 8.48. The lowest BCUT2D eigenvalue weighted by molar-refractivity contribution is 0.166. The molecule has 0 aliphatic carbocycles. The maximum Gasteiger partial charge on any atom is 0.0611 e. The predicted molar refractivity (Wildman–Crippen MR) is 84.9 cm³/mol. The molecule has 0 saturated heterocycles. The zero-order valence-corrected chi connectivity index (χ0v) is 13.4. The minimum atomic E-state index is -0.175. The molecule has 108 valence electrons. The number of benzene rings is 1. The monoisotopic (exact) mass is 281 g/mol. The molecule has 19 heavy (non-hydrogen) atoms. The first kappa shape index (κ1) is 16.5. The minimum absolute atomic E-state index is 0.175. The number of hydrogen-bond donors (Lipinski definition) is 2. The van der Waals surface area contributed by atoms with E-state index in [0.29, 0.717) is 5.25 Å². The first-order valence-corrected chi connectivity index (χ1v) is 7.97. The van der Waals surface area contributed by atoms with Crippen molar-refractivity contribution in [1.29, 1.82) is 0 Å². The third kappa shape index (κ3) is 5.55. The van der Waals surface area contributed by atoms with Crippen LogP contribution in [0.4, 0.5) is 0 Å². The topological polar surface area (TPSA) is 32.3 Å². The van der Waals surface area contributed by atoms with Crippen molar-refractivity contribution in [2.45, 2.75) is 56.2 Å². The molecular formula is C16H27NOS. The zero-order chi connectivity index (χ0) is 14.3. The van der Waals surface area contributed by atoms with E-state index in [-0.39, 0.29) is 12.1 Å². The van der Waals surface area contributed by atoms with Crippen molar-refractivity contribution in [3.8, 4) is 0 Å². The van der Waals surface area contributed by atoms with Gasteiger partial charge in [-0.25, -0.2) is 0 Å². The highest BCUT2D eigenvalue weighted by Gasteiger charge is 2.25. The Kier molecular flexibility index (Phi) is 6.90. The fraction of sp³-hybridized carbons (Fsp3) is 0.625. The first-order chi connectivity index (χ1) is 9.00. The third-order valence-corrected chi connectivity index (χ3v) is 4.59. The summed E-state index contributed by atoms with van der Waals surface area (Å²) in [5.41, 5.74) is 1.15. The molecule has 0 heterocycles. The highest BCUT2D eigenvalue weighted by molar-refractivity contribution is 8.00. The molecule has 2 atom stereocenters. The molecule has 0 aromatic heterocycles. The van der Waals surface area contributed by atoms with Crippen molar-refractivity contribution in [1.82, 2.24) is 5.32 Å². The summed E-state index contributed by atoms with van der Waals surface area (Å²) in [6.45, 7) is 9.78. The van der Waals surface area contributed by atoms with E-state index in [4.69, 9.17) is 0 Å². The van der Waals surface area contributed by atoms with Gasteiger partial charge >= 0.3 is 0 Å². The van der Waals surface area contributed by atoms with Gasteiger partial charge in [0.05, 0.1) is 6.61 Å². The van der Waals surface area contributed by atoms with Crippen LogP contribution in [0.1, 0.15) is 39.2 Å². The lowest BCUT2D eigenvalue weighted by atomic mass is 9.97. The van der Waals surface area contributed by atoms with E-state index in [1.807, 2.05) is 11.8 Å². The van der Waals surface area contributed by atoms with E-state index in [1.165, 1.54) is 10.5 Å². The molecule has 3 heteroatoms. The van der Waals surface area contributed by atoms with Crippen LogP contribution >= 0.6 is 11.8 Å². The summed E-state index contributed by atoms with van der Waals surface area (Å²) in [6.07, 6.45) is 2.05. The van der Waals surface area contributed by atoms with Gasteiger partial charge < -0.3 is 10.4 Å². The van der Waals surface area contributed by atoms with Crippen LogP contribution in [-0.2, 0) is 0 Å². The normalized spacial score (nSPS) is 16.1. The Morgan fingerprint density at radius 1 is 1.37 bits per heavy atom. The lowest BCUT2D eigenvalue weighted by Gasteiger charge is -2.31. The molecule has 0 saturated carbocycles. The molecule has 2 unspecified atom stereocenters. The van der Waals surface area contributed by atoms with Gasteiger partial charge in [-0.1, -0.05) is 32.0 Å². The zero-order valence-electron chi connectivity index (χ0n) is 12.6. The number of nitrogens with one attached hydrogen (secondary N) is 1. The van der Waals surface area contributed by atoms with Crippen LogP contribution in [-0.4, -0.2) is 29.0 Å². The SMILES string of the molecule is CCCNC(C)(CO)CC(C)Sc1ccccc1C. The maximum absolute atomic E-state index is 9.61. The van der Waals surface area contributed by atoms with Crippen LogP contribution in [0.5, 0.6) is 0 Å². The number of hydrogen-bond acceptors (Lipinski definition) is 3. The molecule has 0 aliphatic heterocycles. The van der Waals surface area contributed by atoms with E-state index >= 15 is 0 Å². The van der Waals surface area contributed by atoms with Crippen LogP contribution in [0.25, 0.3) is 0 Å². The fourth-order valence-electron chi connectivity index (χ4n) is 2.20. The molecule has 0 bridgehead atoms. The van der Waals surface area contributed by atoms with Crippen molar-refractivity contribution < 1.29 is 5.11 Å². The van der Waals surface area contributed by atoms with Crippen LogP contribution < -0.4 is 5.32 Å². The predicted octanol–water partition coefficient (Wildman–Crippen LogP) is 3.62. The van der Waals surface area contributed by atoms with Gasteiger partial charge in [-0.05, 0) is 44.9 Å². The van der Waals surface area contributed by atoms with E-state index in [0.717, 1.165) is 19.4 Å². The summed E-state index contributed by atoms with van der Waals surface area (Å²) in [5, 5.41) is 13.5. The van der Waals surface area contributed by atoms with E-state index in [1.54, 1.807) is 0 Å². The van der Waals surface area contributed by atoms with Crippen LogP contribution in [0, 0.1) is 6.92 Å². The van der Waals surface area contributed by atoms with Crippen molar-refractivity contribution in [2.24, 2.45) is 0 Å². The molecule has 0 fully saturated rings. The second-order valence-corrected chi connectivity index (χ2v) is 7.02. The first-order valence-electron chi connectivity index (χ1n) is 7.09. The molecule has 2 N–H and O–H groups in total. The number of rotatable bonds is 8. The van der Waals surface area contributed by atoms with Gasteiger partial charge in [0.1, 0.15) is 0 Å². The molecule has 0 spiro atoms. The third-order valence-electron chi connectivity index (χ3n) is 3.31. The summed E-state index contributed by atoms with van der Waals surface area (Å²) in [5.74, 6) is 0. The Morgan fingerprint density at radius 3 is 2.63 bits per heavy atom. The summed E-state index contributed by atoms with van der Waals surface area (Å²) >= 11 is 1.89. The molecule has 1 aromatic carbocycles. The second kappa shape index (κ2) is 7.93. The van der Waals surface area contributed by atoms with E-state index in [2.05, 4.69) is 57.3 Å². The highest BCUT2D eigenvalue weighted by atomic mass is 32.2. The van der Waals surface area contributed by atoms with Crippen molar-refractivity contribution in [3.63, 3.8) is 0 Å². The Hall–Kier alpha value is -0.510. The Morgan fingerprint density at radius 2 is 2.05 bits per heavy atom. The van der Waals surface area contributed by atoms with Crippen molar-refractivity contribution >= 4 is 11.8 Å². The van der Waals surface area contributed by atoms with Gasteiger partial charge in [-0.2, -0.15) is 0 Å². The summed E-state index contributed by atoms with van der Waals surface area (Å²) in [4.78, 5) is 1.34. The van der Waals surface area contributed by atoms with Gasteiger partial charge in [0.2, 0.25) is 0 Å². The molecular weight excluding hydrogens is 254 g/mol. The molecule has 2 nitrogen and oxygen atoms in total. The number of aliphatic hydroxyl groups excluding tert-OH is 1. The number of aryl methyl sites for hydroxylation is 1. The van der Waals surface area contributed by atoms with Crippen LogP contribution in [0.15, 0.2) is 29.2 Å². The minimum Gasteiger partial charge on any atom is -0.394 e. The molecule has 1 aromatic rings. The average Bonchev–Trinajstić information content (AvgIpc) is 2.39. The molecule has 0 aliphatic rings. The van der Waals surface area contributed by atoms with E-state index in [9.17, 15) is 5.11 Å². The van der Waals surface area contributed by atoms with Gasteiger partial charge in [-0.3, -0.25) is 0 Å². The second-order valence-electron chi connectivity index (χ2n) is 5.54. The average molecular weight is 281 g/mol. The van der Waals surface area contributed by atoms with Crippen LogP contribution in [0.2, 0.25) is 0 Å². The number of thioether (sulfide) groups is 1. The fourth-order valence-corrected chi connectivity index (χ4v) is 3.50. The van der Waals surface area contributed by atoms with Gasteiger partial charge in [0.25, 0.3) is 0 Å². The van der Waals surface area contributed by atoms with Crippen molar-refractivity contribution in [3.05, 3.63) is 29.8 Å². The largest absolute Gasteiger partial charge is 0.394 e. The lowest BCUT2D eigenvalue weighted by Crippen LogP contribution is -2.47. The smallest absolute Gasteiger partial charge is 0.0611 e. The van der Waals surface area contributed by atoms with Gasteiger partial charge in [-0.15, -0.1) is 11.8 Å². The summed E-state index contributed by atoms with van der Waals surface area (Å²) in [7, 11) is 0. The molecule has 1 rings (SSSR count). The molecule has 0 radical (unpaired) electrons. The Labute approximate surface area is 122 Å². The maximum atomic E-state index is 9.61. The summed E-state index contributed by atoms with van der Waals surface area (Å²) < 4.78 is 0. The molecule has 0 amide bonds. The van der Waals surface area contributed by atoms with Crippen LogP contribution in [0.3, 0.4) is 0 Å². The number of aliphatic hydroxyl groups is 1. The Bertz CT molecular complexity index is 383. The van der Waals surface area contributed by atoms with E-state index < -0.39 is 0 Å².